The summed E-state index contributed by atoms with van der Waals surface area (Å²) in [6.45, 7) is 1.18. The first kappa shape index (κ1) is 16.8. The van der Waals surface area contributed by atoms with Crippen LogP contribution in [0.5, 0.6) is 0 Å². The number of nitrogens with one attached hydrogen (secondary N) is 1. The van der Waals surface area contributed by atoms with Crippen LogP contribution in [-0.2, 0) is 20.8 Å². The summed E-state index contributed by atoms with van der Waals surface area (Å²) in [5, 5.41) is 3.01. The van der Waals surface area contributed by atoms with Crippen LogP contribution >= 0.6 is 0 Å². The minimum atomic E-state index is -0.261. The number of rotatable bonds is 4. The van der Waals surface area contributed by atoms with Gasteiger partial charge in [-0.15, -0.1) is 0 Å². The lowest BCUT2D eigenvalue weighted by molar-refractivity contribution is -0.126. The molecule has 0 unspecified atom stereocenters. The molecule has 0 aromatic heterocycles. The van der Waals surface area contributed by atoms with Crippen molar-refractivity contribution in [1.82, 2.24) is 5.32 Å². The molecule has 1 aromatic carbocycles. The molecule has 2 saturated carbocycles. The molecule has 0 spiro atoms. The molecule has 0 bridgehead atoms. The third kappa shape index (κ3) is 3.01. The Morgan fingerprint density at radius 3 is 2.59 bits per heavy atom. The predicted octanol–water partition coefficient (Wildman–Crippen LogP) is 2.01. The second-order valence-electron chi connectivity index (χ2n) is 8.37. The molecule has 4 aliphatic rings. The Hall–Kier alpha value is -2.37. The molecule has 27 heavy (non-hydrogen) atoms. The molecule has 3 amide bonds. The molecule has 1 aromatic rings. The standard InChI is InChI=1S/C21H25N3O3/c25-19-11-15(20(26)22-16-4-5-16)12-24(19)17-6-7-18-14(10-17)8-9-23(18)21(27)13-2-1-3-13/h6-7,10,13,15-16H,1-5,8-9,11-12H2,(H,22,26)/t15-/m0/s1. The van der Waals surface area contributed by atoms with Crippen molar-refractivity contribution in [1.29, 1.82) is 0 Å². The maximum atomic E-state index is 12.6. The molecule has 1 N–H and O–H groups in total. The van der Waals surface area contributed by atoms with Crippen molar-refractivity contribution >= 4 is 29.1 Å². The Bertz CT molecular complexity index is 813. The maximum absolute atomic E-state index is 12.6. The van der Waals surface area contributed by atoms with Gasteiger partial charge in [-0.3, -0.25) is 14.4 Å². The summed E-state index contributed by atoms with van der Waals surface area (Å²) >= 11 is 0. The third-order valence-electron chi connectivity index (χ3n) is 6.41. The molecule has 6 heteroatoms. The van der Waals surface area contributed by atoms with E-state index >= 15 is 0 Å². The number of anilines is 2. The Balaban J connectivity index is 1.31. The van der Waals surface area contributed by atoms with Gasteiger partial charge in [0.25, 0.3) is 0 Å². The van der Waals surface area contributed by atoms with Gasteiger partial charge in [0.1, 0.15) is 0 Å². The number of benzene rings is 1. The predicted molar refractivity (Wildman–Crippen MR) is 101 cm³/mol. The van der Waals surface area contributed by atoms with Crippen LogP contribution in [0.1, 0.15) is 44.1 Å². The van der Waals surface area contributed by atoms with E-state index in [-0.39, 0.29) is 36.0 Å². The molecule has 5 rings (SSSR count). The van der Waals surface area contributed by atoms with E-state index in [0.29, 0.717) is 12.6 Å². The fraction of sp³-hybridized carbons (Fsp3) is 0.571. The summed E-state index contributed by atoms with van der Waals surface area (Å²) in [4.78, 5) is 41.0. The van der Waals surface area contributed by atoms with Gasteiger partial charge in [-0.1, -0.05) is 6.42 Å². The van der Waals surface area contributed by atoms with Crippen LogP contribution in [-0.4, -0.2) is 36.9 Å². The Kier molecular flexibility index (Phi) is 3.95. The molecule has 2 aliphatic heterocycles. The summed E-state index contributed by atoms with van der Waals surface area (Å²) in [6.07, 6.45) is 6.39. The molecule has 0 radical (unpaired) electrons. The first-order valence-corrected chi connectivity index (χ1v) is 10.1. The van der Waals surface area contributed by atoms with Crippen LogP contribution in [0.25, 0.3) is 0 Å². The van der Waals surface area contributed by atoms with Crippen LogP contribution in [0.3, 0.4) is 0 Å². The van der Waals surface area contributed by atoms with Crippen molar-refractivity contribution in [2.24, 2.45) is 11.8 Å². The van der Waals surface area contributed by atoms with Gasteiger partial charge in [0.15, 0.2) is 0 Å². The van der Waals surface area contributed by atoms with E-state index in [9.17, 15) is 14.4 Å². The van der Waals surface area contributed by atoms with Gasteiger partial charge >= 0.3 is 0 Å². The van der Waals surface area contributed by atoms with Crippen molar-refractivity contribution in [3.8, 4) is 0 Å². The SMILES string of the molecule is O=C(NC1CC1)[C@H]1CC(=O)N(c2ccc3c(c2)CCN3C(=O)C2CCC2)C1. The summed E-state index contributed by atoms with van der Waals surface area (Å²) in [7, 11) is 0. The van der Waals surface area contributed by atoms with Crippen LogP contribution in [0, 0.1) is 11.8 Å². The number of carbonyl (C=O) groups excluding carboxylic acids is 3. The highest BCUT2D eigenvalue weighted by molar-refractivity contribution is 6.01. The van der Waals surface area contributed by atoms with Gasteiger partial charge in [-0.2, -0.15) is 0 Å². The highest BCUT2D eigenvalue weighted by Crippen LogP contribution is 2.37. The lowest BCUT2D eigenvalue weighted by Crippen LogP contribution is -2.37. The quantitative estimate of drug-likeness (QED) is 0.885. The molecule has 1 atom stereocenters. The van der Waals surface area contributed by atoms with Gasteiger partial charge in [-0.05, 0) is 55.9 Å². The highest BCUT2D eigenvalue weighted by atomic mass is 16.2. The third-order valence-corrected chi connectivity index (χ3v) is 6.41. The van der Waals surface area contributed by atoms with Crippen LogP contribution in [0.2, 0.25) is 0 Å². The topological polar surface area (TPSA) is 69.7 Å². The van der Waals surface area contributed by atoms with Crippen LogP contribution in [0.15, 0.2) is 18.2 Å². The van der Waals surface area contributed by atoms with Gasteiger partial charge in [0, 0.05) is 42.8 Å². The lowest BCUT2D eigenvalue weighted by Gasteiger charge is -2.29. The maximum Gasteiger partial charge on any atom is 0.230 e. The molecular weight excluding hydrogens is 342 g/mol. The molecule has 2 aliphatic carbocycles. The molecule has 2 heterocycles. The van der Waals surface area contributed by atoms with Crippen LogP contribution < -0.4 is 15.1 Å². The number of amides is 3. The number of carbonyl (C=O) groups is 3. The number of hydrogen-bond donors (Lipinski definition) is 1. The van der Waals surface area contributed by atoms with E-state index in [1.54, 1.807) is 4.90 Å². The summed E-state index contributed by atoms with van der Waals surface area (Å²) < 4.78 is 0. The zero-order chi connectivity index (χ0) is 18.5. The largest absolute Gasteiger partial charge is 0.353 e. The summed E-state index contributed by atoms with van der Waals surface area (Å²) in [5.41, 5.74) is 2.96. The molecular formula is C21H25N3O3. The second kappa shape index (κ2) is 6.36. The first-order valence-electron chi connectivity index (χ1n) is 10.1. The minimum Gasteiger partial charge on any atom is -0.353 e. The van der Waals surface area contributed by atoms with E-state index in [1.165, 1.54) is 0 Å². The van der Waals surface area contributed by atoms with Gasteiger partial charge in [0.05, 0.1) is 5.92 Å². The van der Waals surface area contributed by atoms with Crippen molar-refractivity contribution in [3.05, 3.63) is 23.8 Å². The van der Waals surface area contributed by atoms with E-state index in [1.807, 2.05) is 23.1 Å². The first-order chi connectivity index (χ1) is 13.1. The smallest absolute Gasteiger partial charge is 0.230 e. The monoisotopic (exact) mass is 367 g/mol. The van der Waals surface area contributed by atoms with Crippen molar-refractivity contribution in [2.75, 3.05) is 22.9 Å². The summed E-state index contributed by atoms with van der Waals surface area (Å²) in [5.74, 6) is 0.199. The van der Waals surface area contributed by atoms with E-state index in [4.69, 9.17) is 0 Å². The molecule has 142 valence electrons. The van der Waals surface area contributed by atoms with Gasteiger partial charge in [-0.25, -0.2) is 0 Å². The number of fused-ring (bicyclic) bond motifs is 1. The van der Waals surface area contributed by atoms with Crippen LogP contribution in [0.4, 0.5) is 11.4 Å². The second-order valence-corrected chi connectivity index (χ2v) is 8.37. The molecule has 3 fully saturated rings. The average Bonchev–Trinajstić information content (AvgIpc) is 3.17. The zero-order valence-electron chi connectivity index (χ0n) is 15.4. The normalized spacial score (nSPS) is 24.7. The fourth-order valence-corrected chi connectivity index (χ4v) is 4.34. The number of nitrogens with zero attached hydrogens (tertiary/aromatic N) is 2. The number of hydrogen-bond acceptors (Lipinski definition) is 3. The Morgan fingerprint density at radius 1 is 1.07 bits per heavy atom. The van der Waals surface area contributed by atoms with Crippen molar-refractivity contribution in [2.45, 2.75) is 51.0 Å². The Morgan fingerprint density at radius 2 is 1.89 bits per heavy atom. The van der Waals surface area contributed by atoms with Crippen molar-refractivity contribution < 1.29 is 14.4 Å². The lowest BCUT2D eigenvalue weighted by atomic mass is 9.84. The minimum absolute atomic E-state index is 0.00583. The van der Waals surface area contributed by atoms with Gasteiger partial charge < -0.3 is 15.1 Å². The van der Waals surface area contributed by atoms with Crippen molar-refractivity contribution in [3.63, 3.8) is 0 Å². The average molecular weight is 367 g/mol. The summed E-state index contributed by atoms with van der Waals surface area (Å²) in [6, 6.07) is 6.24. The molecule has 1 saturated heterocycles. The Labute approximate surface area is 158 Å². The van der Waals surface area contributed by atoms with Gasteiger partial charge in [0.2, 0.25) is 17.7 Å². The van der Waals surface area contributed by atoms with E-state index < -0.39 is 0 Å². The van der Waals surface area contributed by atoms with E-state index in [2.05, 4.69) is 5.32 Å². The van der Waals surface area contributed by atoms with E-state index in [0.717, 1.165) is 62.0 Å². The highest BCUT2D eigenvalue weighted by Gasteiger charge is 2.38. The zero-order valence-corrected chi connectivity index (χ0v) is 15.4. The fourth-order valence-electron chi connectivity index (χ4n) is 4.34. The molecule has 6 nitrogen and oxygen atoms in total.